The summed E-state index contributed by atoms with van der Waals surface area (Å²) in [6, 6.07) is 0. The summed E-state index contributed by atoms with van der Waals surface area (Å²) in [6.07, 6.45) is -2.84. The van der Waals surface area contributed by atoms with Gasteiger partial charge in [0.2, 0.25) is 6.17 Å². The lowest BCUT2D eigenvalue weighted by Crippen LogP contribution is -2.10. The number of aliphatic carboxylic acids is 2. The van der Waals surface area contributed by atoms with Crippen LogP contribution in [0.25, 0.3) is 0 Å². The first-order chi connectivity index (χ1) is 6.91. The highest BCUT2D eigenvalue weighted by molar-refractivity contribution is 7.15. The monoisotopic (exact) mass is 253 g/mol. The van der Waals surface area contributed by atoms with Crippen LogP contribution in [0.4, 0.5) is 4.39 Å². The third-order valence-corrected chi connectivity index (χ3v) is 2.65. The fourth-order valence-corrected chi connectivity index (χ4v) is 2.08. The van der Waals surface area contributed by atoms with Crippen LogP contribution >= 0.6 is 22.9 Å². The van der Waals surface area contributed by atoms with Gasteiger partial charge in [-0.05, 0) is 0 Å². The third-order valence-electron chi connectivity index (χ3n) is 1.47. The number of halogens is 2. The molecule has 0 radical (unpaired) electrons. The lowest BCUT2D eigenvalue weighted by Gasteiger charge is -2.00. The van der Waals surface area contributed by atoms with Gasteiger partial charge >= 0.3 is 11.9 Å². The van der Waals surface area contributed by atoms with Crippen molar-refractivity contribution in [3.05, 3.63) is 15.0 Å². The van der Waals surface area contributed by atoms with E-state index < -0.39 is 30.2 Å². The van der Waals surface area contributed by atoms with Crippen LogP contribution in [-0.2, 0) is 16.0 Å². The van der Waals surface area contributed by atoms with E-state index in [0.717, 1.165) is 11.3 Å². The van der Waals surface area contributed by atoms with Crippen LogP contribution in [-0.4, -0.2) is 27.1 Å². The van der Waals surface area contributed by atoms with Crippen molar-refractivity contribution in [2.75, 3.05) is 0 Å². The molecule has 5 nitrogen and oxygen atoms in total. The van der Waals surface area contributed by atoms with E-state index in [2.05, 4.69) is 4.98 Å². The Balaban J connectivity index is 3.05. The quantitative estimate of drug-likeness (QED) is 0.849. The van der Waals surface area contributed by atoms with Crippen molar-refractivity contribution >= 4 is 34.9 Å². The van der Waals surface area contributed by atoms with Gasteiger partial charge in [0.15, 0.2) is 4.47 Å². The van der Waals surface area contributed by atoms with Crippen molar-refractivity contribution in [1.29, 1.82) is 0 Å². The van der Waals surface area contributed by atoms with Crippen molar-refractivity contribution in [3.8, 4) is 0 Å². The summed E-state index contributed by atoms with van der Waals surface area (Å²) >= 11 is 6.21. The minimum Gasteiger partial charge on any atom is -0.481 e. The average Bonchev–Trinajstić information content (AvgIpc) is 2.44. The minimum absolute atomic E-state index is 0.0161. The molecule has 1 unspecified atom stereocenters. The van der Waals surface area contributed by atoms with E-state index in [1.807, 2.05) is 0 Å². The Bertz CT molecular complexity index is 408. The largest absolute Gasteiger partial charge is 0.481 e. The van der Waals surface area contributed by atoms with E-state index >= 15 is 0 Å². The predicted molar refractivity (Wildman–Crippen MR) is 49.9 cm³/mol. The van der Waals surface area contributed by atoms with E-state index in [0.29, 0.717) is 0 Å². The van der Waals surface area contributed by atoms with Gasteiger partial charge in [-0.25, -0.2) is 14.2 Å². The molecule has 0 fully saturated rings. The number of thiazole rings is 1. The minimum atomic E-state index is -2.34. The smallest absolute Gasteiger partial charge is 0.344 e. The predicted octanol–water partition coefficient (Wildman–Crippen LogP) is 1.52. The highest BCUT2D eigenvalue weighted by atomic mass is 35.5. The molecule has 0 aliphatic carbocycles. The fourth-order valence-electron chi connectivity index (χ4n) is 0.913. The molecule has 0 aliphatic heterocycles. The van der Waals surface area contributed by atoms with Gasteiger partial charge in [-0.2, -0.15) is 0 Å². The molecule has 0 amide bonds. The highest BCUT2D eigenvalue weighted by Gasteiger charge is 2.26. The third kappa shape index (κ3) is 2.87. The molecular weight excluding hydrogens is 249 g/mol. The second-order valence-electron chi connectivity index (χ2n) is 2.55. The molecule has 1 atom stereocenters. The van der Waals surface area contributed by atoms with Gasteiger partial charge in [-0.15, -0.1) is 11.3 Å². The van der Waals surface area contributed by atoms with Gasteiger partial charge in [-0.1, -0.05) is 11.6 Å². The zero-order valence-electron chi connectivity index (χ0n) is 7.11. The summed E-state index contributed by atoms with van der Waals surface area (Å²) in [6.45, 7) is 0. The molecule has 0 saturated carbocycles. The molecule has 0 saturated heterocycles. The van der Waals surface area contributed by atoms with Crippen molar-refractivity contribution in [3.63, 3.8) is 0 Å². The number of hydrogen-bond donors (Lipinski definition) is 2. The Kier molecular flexibility index (Phi) is 3.59. The van der Waals surface area contributed by atoms with E-state index in [9.17, 15) is 14.0 Å². The van der Waals surface area contributed by atoms with Crippen LogP contribution in [0.15, 0.2) is 0 Å². The Morgan fingerprint density at radius 1 is 1.53 bits per heavy atom. The second-order valence-corrected chi connectivity index (χ2v) is 4.21. The van der Waals surface area contributed by atoms with Crippen molar-refractivity contribution in [1.82, 2.24) is 4.98 Å². The number of nitrogens with zero attached hydrogens (tertiary/aromatic N) is 1. The van der Waals surface area contributed by atoms with Gasteiger partial charge in [0.05, 0.1) is 6.42 Å². The zero-order chi connectivity index (χ0) is 11.6. The van der Waals surface area contributed by atoms with E-state index in [4.69, 9.17) is 21.8 Å². The Morgan fingerprint density at radius 3 is 2.60 bits per heavy atom. The van der Waals surface area contributed by atoms with Gasteiger partial charge in [0.1, 0.15) is 5.69 Å². The number of aromatic nitrogens is 1. The SMILES string of the molecule is O=C(O)Cc1sc(Cl)nc1C(F)C(=O)O. The summed E-state index contributed by atoms with van der Waals surface area (Å²) in [4.78, 5) is 24.2. The Morgan fingerprint density at radius 2 is 2.13 bits per heavy atom. The summed E-state index contributed by atoms with van der Waals surface area (Å²) < 4.78 is 13.0. The van der Waals surface area contributed by atoms with E-state index in [1.165, 1.54) is 0 Å². The molecule has 1 aromatic heterocycles. The van der Waals surface area contributed by atoms with Crippen LogP contribution in [0.3, 0.4) is 0 Å². The number of hydrogen-bond acceptors (Lipinski definition) is 4. The molecule has 2 N–H and O–H groups in total. The Labute approximate surface area is 92.1 Å². The molecule has 1 heterocycles. The standard InChI is InChI=1S/C7H5ClFNO4S/c8-7-10-5(4(9)6(13)14)2(15-7)1-3(11)12/h4H,1H2,(H,11,12)(H,13,14). The fraction of sp³-hybridized carbons (Fsp3) is 0.286. The lowest BCUT2D eigenvalue weighted by atomic mass is 10.2. The normalized spacial score (nSPS) is 12.4. The number of carboxylic acid groups (broad SMARTS) is 2. The summed E-state index contributed by atoms with van der Waals surface area (Å²) in [5.74, 6) is -2.92. The average molecular weight is 254 g/mol. The van der Waals surface area contributed by atoms with Gasteiger partial charge < -0.3 is 10.2 Å². The van der Waals surface area contributed by atoms with Crippen LogP contribution < -0.4 is 0 Å². The van der Waals surface area contributed by atoms with Gasteiger partial charge in [0.25, 0.3) is 0 Å². The molecule has 82 valence electrons. The molecule has 0 aromatic carbocycles. The van der Waals surface area contributed by atoms with Crippen molar-refractivity contribution < 1.29 is 24.2 Å². The van der Waals surface area contributed by atoms with Gasteiger partial charge in [0, 0.05) is 4.88 Å². The molecule has 0 bridgehead atoms. The first-order valence-corrected chi connectivity index (χ1v) is 4.85. The first kappa shape index (κ1) is 11.9. The maximum absolute atomic E-state index is 13.1. The van der Waals surface area contributed by atoms with Crippen LogP contribution in [0.5, 0.6) is 0 Å². The zero-order valence-corrected chi connectivity index (χ0v) is 8.68. The van der Waals surface area contributed by atoms with Crippen molar-refractivity contribution in [2.45, 2.75) is 12.6 Å². The number of carboxylic acids is 2. The lowest BCUT2D eigenvalue weighted by molar-refractivity contribution is -0.143. The second kappa shape index (κ2) is 4.54. The van der Waals surface area contributed by atoms with Crippen LogP contribution in [0.1, 0.15) is 16.7 Å². The number of alkyl halides is 1. The van der Waals surface area contributed by atoms with Gasteiger partial charge in [-0.3, -0.25) is 4.79 Å². The first-order valence-electron chi connectivity index (χ1n) is 3.65. The summed E-state index contributed by atoms with van der Waals surface area (Å²) in [5, 5.41) is 16.9. The van der Waals surface area contributed by atoms with E-state index in [-0.39, 0.29) is 9.34 Å². The molecular formula is C7H5ClFNO4S. The maximum atomic E-state index is 13.1. The molecule has 0 spiro atoms. The summed E-state index contributed by atoms with van der Waals surface area (Å²) in [5.41, 5.74) is -0.431. The highest BCUT2D eigenvalue weighted by Crippen LogP contribution is 2.29. The van der Waals surface area contributed by atoms with Crippen LogP contribution in [0.2, 0.25) is 4.47 Å². The number of carbonyl (C=O) groups is 2. The topological polar surface area (TPSA) is 87.5 Å². The van der Waals surface area contributed by atoms with E-state index in [1.54, 1.807) is 0 Å². The molecule has 8 heteroatoms. The molecule has 15 heavy (non-hydrogen) atoms. The molecule has 1 rings (SSSR count). The number of rotatable bonds is 4. The Hall–Kier alpha value is -1.21. The summed E-state index contributed by atoms with van der Waals surface area (Å²) in [7, 11) is 0. The molecule has 0 aliphatic rings. The molecule has 1 aromatic rings. The van der Waals surface area contributed by atoms with Crippen molar-refractivity contribution in [2.24, 2.45) is 0 Å². The van der Waals surface area contributed by atoms with Crippen LogP contribution in [0, 0.1) is 0 Å². The maximum Gasteiger partial charge on any atom is 0.344 e.